The summed E-state index contributed by atoms with van der Waals surface area (Å²) in [6, 6.07) is 27.3. The third-order valence-electron chi connectivity index (χ3n) is 3.94. The molecule has 1 heterocycles. The van der Waals surface area contributed by atoms with Crippen LogP contribution in [0.3, 0.4) is 0 Å². The van der Waals surface area contributed by atoms with Crippen molar-refractivity contribution in [3.05, 3.63) is 78.9 Å². The summed E-state index contributed by atoms with van der Waals surface area (Å²) >= 11 is 0. The second-order valence-electron chi connectivity index (χ2n) is 5.22. The molecule has 3 heteroatoms. The first-order valence-electron chi connectivity index (χ1n) is 7.41. The molecule has 3 nitrogen and oxygen atoms in total. The molecule has 4 aromatic rings. The van der Waals surface area contributed by atoms with Gasteiger partial charge in [0.05, 0.1) is 28.1 Å². The average Bonchev–Trinajstić information content (AvgIpc) is 2.57. The molecule has 0 aliphatic heterocycles. The Hall–Kier alpha value is -2.94. The molecule has 0 aliphatic rings. The van der Waals surface area contributed by atoms with Gasteiger partial charge in [0.2, 0.25) is 0 Å². The fraction of sp³-hybridized carbons (Fsp3) is 0.0526. The summed E-state index contributed by atoms with van der Waals surface area (Å²) in [6.45, 7) is 0. The Bertz CT molecular complexity index is 916. The highest BCUT2D eigenvalue weighted by molar-refractivity contribution is 5.84. The van der Waals surface area contributed by atoms with Gasteiger partial charge in [0, 0.05) is 7.05 Å². The highest BCUT2D eigenvalue weighted by Gasteiger charge is 2.17. The summed E-state index contributed by atoms with van der Waals surface area (Å²) < 4.78 is 4.49. The molecule has 1 N–H and O–H groups in total. The molecule has 0 saturated carbocycles. The molecule has 0 radical (unpaired) electrons. The Morgan fingerprint density at radius 1 is 0.636 bits per heavy atom. The predicted octanol–water partition coefficient (Wildman–Crippen LogP) is 4.46. The zero-order valence-electron chi connectivity index (χ0n) is 12.4. The van der Waals surface area contributed by atoms with E-state index >= 15 is 0 Å². The number of fused-ring (bicyclic) bond motifs is 1. The number of nitrogens with one attached hydrogen (secondary N) is 1. The van der Waals surface area contributed by atoms with Gasteiger partial charge in [0.15, 0.2) is 0 Å². The zero-order valence-corrected chi connectivity index (χ0v) is 12.4. The van der Waals surface area contributed by atoms with Gasteiger partial charge in [-0.15, -0.1) is 0 Å². The second kappa shape index (κ2) is 5.11. The summed E-state index contributed by atoms with van der Waals surface area (Å²) in [4.78, 5) is 0. The van der Waals surface area contributed by atoms with Crippen LogP contribution in [-0.2, 0) is 0 Å². The van der Waals surface area contributed by atoms with Gasteiger partial charge in [-0.25, -0.2) is 9.36 Å². The number of benzene rings is 3. The summed E-state index contributed by atoms with van der Waals surface area (Å²) in [5.74, 6) is 0. The van der Waals surface area contributed by atoms with Crippen LogP contribution in [0.4, 0.5) is 5.69 Å². The van der Waals surface area contributed by atoms with Crippen LogP contribution in [0.25, 0.3) is 22.4 Å². The van der Waals surface area contributed by atoms with Gasteiger partial charge >= 0.3 is 0 Å². The summed E-state index contributed by atoms with van der Waals surface area (Å²) in [7, 11) is 1.96. The maximum Gasteiger partial charge on any atom is 0.0894 e. The van der Waals surface area contributed by atoms with E-state index in [-0.39, 0.29) is 0 Å². The normalized spacial score (nSPS) is 11.0. The molecule has 4 rings (SSSR count). The number of rotatable bonds is 3. The first-order valence-corrected chi connectivity index (χ1v) is 7.41. The molecule has 1 aromatic heterocycles. The van der Waals surface area contributed by atoms with Crippen LogP contribution in [0.1, 0.15) is 0 Å². The van der Waals surface area contributed by atoms with Gasteiger partial charge in [-0.3, -0.25) is 0 Å². The van der Waals surface area contributed by atoms with E-state index in [1.807, 2.05) is 19.2 Å². The quantitative estimate of drug-likeness (QED) is 0.590. The Morgan fingerprint density at radius 3 is 1.95 bits per heavy atom. The first kappa shape index (κ1) is 12.8. The van der Waals surface area contributed by atoms with E-state index in [0.29, 0.717) is 0 Å². The van der Waals surface area contributed by atoms with Crippen LogP contribution in [0.2, 0.25) is 0 Å². The van der Waals surface area contributed by atoms with Crippen LogP contribution in [0, 0.1) is 0 Å². The minimum atomic E-state index is 1.11. The highest BCUT2D eigenvalue weighted by atomic mass is 15.4. The Balaban J connectivity index is 2.02. The maximum absolute atomic E-state index is 3.28. The SMILES string of the molecule is CNc1ccccc1-n1c2ccccc2n1-c1ccccc1. The van der Waals surface area contributed by atoms with Gasteiger partial charge in [0.1, 0.15) is 0 Å². The standard InChI is InChI=1S/C19H17N3/c1-20-16-11-5-6-12-17(16)22-19-14-8-7-13-18(19)21(22)15-9-3-2-4-10-15/h2-14,20H,1H3. The second-order valence-corrected chi connectivity index (χ2v) is 5.22. The van der Waals surface area contributed by atoms with Crippen molar-refractivity contribution < 1.29 is 0 Å². The van der Waals surface area contributed by atoms with Crippen LogP contribution in [-0.4, -0.2) is 16.4 Å². The van der Waals surface area contributed by atoms with E-state index in [4.69, 9.17) is 0 Å². The van der Waals surface area contributed by atoms with E-state index in [1.165, 1.54) is 11.0 Å². The Labute approximate surface area is 129 Å². The van der Waals surface area contributed by atoms with Crippen molar-refractivity contribution in [3.63, 3.8) is 0 Å². The monoisotopic (exact) mass is 287 g/mol. The molecule has 0 amide bonds. The van der Waals surface area contributed by atoms with Crippen molar-refractivity contribution in [2.45, 2.75) is 0 Å². The third-order valence-corrected chi connectivity index (χ3v) is 3.94. The van der Waals surface area contributed by atoms with Gasteiger partial charge in [-0.1, -0.05) is 42.5 Å². The van der Waals surface area contributed by atoms with Crippen molar-refractivity contribution in [3.8, 4) is 11.4 Å². The minimum Gasteiger partial charge on any atom is -0.386 e. The van der Waals surface area contributed by atoms with E-state index in [0.717, 1.165) is 17.1 Å². The summed E-state index contributed by atoms with van der Waals surface area (Å²) in [6.07, 6.45) is 0. The maximum atomic E-state index is 3.28. The van der Waals surface area contributed by atoms with Gasteiger partial charge in [-0.2, -0.15) is 0 Å². The Kier molecular flexibility index (Phi) is 2.97. The van der Waals surface area contributed by atoms with Crippen LogP contribution in [0.5, 0.6) is 0 Å². The Morgan fingerprint density at radius 2 is 1.23 bits per heavy atom. The molecule has 22 heavy (non-hydrogen) atoms. The number of hydrogen-bond donors (Lipinski definition) is 1. The predicted molar refractivity (Wildman–Crippen MR) is 92.1 cm³/mol. The first-order chi connectivity index (χ1) is 10.9. The fourth-order valence-electron chi connectivity index (χ4n) is 2.92. The number of hydrogen-bond acceptors (Lipinski definition) is 1. The molecule has 0 fully saturated rings. The topological polar surface area (TPSA) is 21.9 Å². The van der Waals surface area contributed by atoms with Crippen molar-refractivity contribution in [2.75, 3.05) is 12.4 Å². The van der Waals surface area contributed by atoms with Gasteiger partial charge in [-0.05, 0) is 36.4 Å². The van der Waals surface area contributed by atoms with E-state index in [1.54, 1.807) is 0 Å². The molecule has 0 unspecified atom stereocenters. The van der Waals surface area contributed by atoms with Crippen molar-refractivity contribution in [1.82, 2.24) is 9.36 Å². The van der Waals surface area contributed by atoms with E-state index < -0.39 is 0 Å². The molecule has 3 aromatic carbocycles. The number of nitrogens with zero attached hydrogens (tertiary/aromatic N) is 2. The molecule has 0 spiro atoms. The summed E-state index contributed by atoms with van der Waals surface area (Å²) in [5.41, 5.74) is 5.85. The highest BCUT2D eigenvalue weighted by Crippen LogP contribution is 2.31. The lowest BCUT2D eigenvalue weighted by molar-refractivity contribution is 0.735. The molecular weight excluding hydrogens is 270 g/mol. The zero-order chi connectivity index (χ0) is 14.9. The molecule has 108 valence electrons. The average molecular weight is 287 g/mol. The number of anilines is 1. The number of para-hydroxylation sites is 5. The van der Waals surface area contributed by atoms with Crippen molar-refractivity contribution >= 4 is 16.7 Å². The number of aromatic nitrogens is 2. The van der Waals surface area contributed by atoms with E-state index in [2.05, 4.69) is 81.4 Å². The third kappa shape index (κ3) is 1.83. The fourth-order valence-corrected chi connectivity index (χ4v) is 2.92. The van der Waals surface area contributed by atoms with Gasteiger partial charge in [0.25, 0.3) is 0 Å². The largest absolute Gasteiger partial charge is 0.386 e. The van der Waals surface area contributed by atoms with Crippen molar-refractivity contribution in [2.24, 2.45) is 0 Å². The van der Waals surface area contributed by atoms with E-state index in [9.17, 15) is 0 Å². The molecule has 0 saturated heterocycles. The van der Waals surface area contributed by atoms with Crippen LogP contribution in [0.15, 0.2) is 78.9 Å². The molecule has 0 bridgehead atoms. The van der Waals surface area contributed by atoms with Crippen LogP contribution < -0.4 is 5.32 Å². The van der Waals surface area contributed by atoms with Crippen LogP contribution >= 0.6 is 0 Å². The summed E-state index contributed by atoms with van der Waals surface area (Å²) in [5, 5.41) is 3.28. The molecule has 0 aliphatic carbocycles. The lowest BCUT2D eigenvalue weighted by Crippen LogP contribution is -2.21. The lowest BCUT2D eigenvalue weighted by atomic mass is 10.2. The molecular formula is C19H17N3. The lowest BCUT2D eigenvalue weighted by Gasteiger charge is -2.28. The smallest absolute Gasteiger partial charge is 0.0894 e. The van der Waals surface area contributed by atoms with Gasteiger partial charge < -0.3 is 5.32 Å². The minimum absolute atomic E-state index is 1.11. The van der Waals surface area contributed by atoms with Crippen molar-refractivity contribution in [1.29, 1.82) is 0 Å². The molecule has 0 atom stereocenters.